The van der Waals surface area contributed by atoms with Crippen molar-refractivity contribution >= 4 is 23.4 Å². The minimum absolute atomic E-state index is 0.217. The number of aromatic amines is 1. The quantitative estimate of drug-likeness (QED) is 0.413. The molecule has 1 amide bonds. The second-order valence-corrected chi connectivity index (χ2v) is 7.56. The van der Waals surface area contributed by atoms with Gasteiger partial charge in [-0.05, 0) is 60.2 Å². The van der Waals surface area contributed by atoms with Gasteiger partial charge in [-0.2, -0.15) is 5.10 Å². The van der Waals surface area contributed by atoms with Crippen LogP contribution in [0.15, 0.2) is 84.1 Å². The average molecular weight is 417 g/mol. The Bertz CT molecular complexity index is 1110. The smallest absolute Gasteiger partial charge is 0.259 e. The molecule has 4 aromatic rings. The summed E-state index contributed by atoms with van der Waals surface area (Å²) in [5.74, 6) is 1.39. The van der Waals surface area contributed by atoms with Crippen molar-refractivity contribution in [3.05, 3.63) is 90.4 Å². The molecule has 0 saturated carbocycles. The molecular formula is C23H20N4O2S. The highest BCUT2D eigenvalue weighted by Gasteiger charge is 2.15. The number of hydrogen-bond donors (Lipinski definition) is 2. The number of methoxy groups -OCH3 is 1. The summed E-state index contributed by atoms with van der Waals surface area (Å²) < 4.78 is 5.19. The summed E-state index contributed by atoms with van der Waals surface area (Å²) in [6.45, 7) is 0. The number of carbonyl (C=O) groups excluding carboxylic acids is 1. The Kier molecular flexibility index (Phi) is 6.10. The summed E-state index contributed by atoms with van der Waals surface area (Å²) in [6.07, 6.45) is 5.17. The van der Waals surface area contributed by atoms with Crippen LogP contribution < -0.4 is 10.1 Å². The van der Waals surface area contributed by atoms with E-state index >= 15 is 0 Å². The molecule has 2 heterocycles. The van der Waals surface area contributed by atoms with E-state index in [1.807, 2.05) is 60.8 Å². The van der Waals surface area contributed by atoms with Gasteiger partial charge in [-0.25, -0.2) is 0 Å². The van der Waals surface area contributed by atoms with E-state index in [2.05, 4.69) is 26.6 Å². The van der Waals surface area contributed by atoms with E-state index in [-0.39, 0.29) is 5.91 Å². The number of benzene rings is 2. The summed E-state index contributed by atoms with van der Waals surface area (Å²) in [6, 6.07) is 19.2. The third kappa shape index (κ3) is 4.69. The molecule has 0 fully saturated rings. The molecule has 150 valence electrons. The first-order valence-corrected chi connectivity index (χ1v) is 10.3. The topological polar surface area (TPSA) is 79.9 Å². The molecule has 0 saturated heterocycles. The monoisotopic (exact) mass is 416 g/mol. The highest BCUT2D eigenvalue weighted by molar-refractivity contribution is 7.98. The zero-order valence-electron chi connectivity index (χ0n) is 16.3. The first-order valence-electron chi connectivity index (χ1n) is 9.34. The summed E-state index contributed by atoms with van der Waals surface area (Å²) in [4.78, 5) is 18.0. The van der Waals surface area contributed by atoms with Crippen LogP contribution in [0.25, 0.3) is 11.3 Å². The number of ether oxygens (including phenoxy) is 1. The van der Waals surface area contributed by atoms with Crippen molar-refractivity contribution in [2.45, 2.75) is 10.6 Å². The van der Waals surface area contributed by atoms with Crippen molar-refractivity contribution in [1.29, 1.82) is 0 Å². The number of H-pyrrole nitrogens is 1. The van der Waals surface area contributed by atoms with E-state index < -0.39 is 0 Å². The number of aromatic nitrogens is 3. The molecule has 30 heavy (non-hydrogen) atoms. The highest BCUT2D eigenvalue weighted by atomic mass is 32.2. The molecule has 0 aliphatic carbocycles. The summed E-state index contributed by atoms with van der Waals surface area (Å²) in [5.41, 5.74) is 3.91. The van der Waals surface area contributed by atoms with E-state index in [4.69, 9.17) is 4.74 Å². The lowest BCUT2D eigenvalue weighted by Gasteiger charge is -2.08. The number of carbonyl (C=O) groups is 1. The lowest BCUT2D eigenvalue weighted by atomic mass is 10.1. The highest BCUT2D eigenvalue weighted by Crippen LogP contribution is 2.26. The van der Waals surface area contributed by atoms with Crippen LogP contribution in [0, 0.1) is 0 Å². The Morgan fingerprint density at radius 1 is 1.07 bits per heavy atom. The number of thioether (sulfide) groups is 1. The van der Waals surface area contributed by atoms with Crippen LogP contribution in [0.1, 0.15) is 15.9 Å². The second-order valence-electron chi connectivity index (χ2n) is 6.52. The van der Waals surface area contributed by atoms with Crippen molar-refractivity contribution in [1.82, 2.24) is 15.2 Å². The molecule has 7 heteroatoms. The molecule has 2 N–H and O–H groups in total. The Hall–Kier alpha value is -3.58. The summed E-state index contributed by atoms with van der Waals surface area (Å²) in [7, 11) is 1.62. The molecule has 0 unspecified atom stereocenters. The van der Waals surface area contributed by atoms with Gasteiger partial charge >= 0.3 is 0 Å². The molecule has 4 rings (SSSR count). The fourth-order valence-corrected chi connectivity index (χ4v) is 3.75. The van der Waals surface area contributed by atoms with Gasteiger partial charge in [-0.1, -0.05) is 6.07 Å². The van der Waals surface area contributed by atoms with Crippen molar-refractivity contribution in [3.63, 3.8) is 0 Å². The molecular weight excluding hydrogens is 396 g/mol. The molecule has 0 aliphatic heterocycles. The Labute approximate surface area is 178 Å². The number of anilines is 1. The lowest BCUT2D eigenvalue weighted by Crippen LogP contribution is -2.12. The number of pyridine rings is 1. The molecule has 2 aromatic heterocycles. The largest absolute Gasteiger partial charge is 0.497 e. The van der Waals surface area contributed by atoms with Crippen LogP contribution in [0.4, 0.5) is 5.69 Å². The van der Waals surface area contributed by atoms with Gasteiger partial charge in [0.2, 0.25) is 0 Å². The van der Waals surface area contributed by atoms with Crippen molar-refractivity contribution < 1.29 is 9.53 Å². The molecule has 6 nitrogen and oxygen atoms in total. The Morgan fingerprint density at radius 3 is 2.57 bits per heavy atom. The normalized spacial score (nSPS) is 10.6. The maximum atomic E-state index is 12.8. The summed E-state index contributed by atoms with van der Waals surface area (Å²) in [5, 5.41) is 9.89. The van der Waals surface area contributed by atoms with Crippen LogP contribution in [0.2, 0.25) is 0 Å². The maximum absolute atomic E-state index is 12.8. The van der Waals surface area contributed by atoms with E-state index in [0.717, 1.165) is 27.6 Å². The van der Waals surface area contributed by atoms with Gasteiger partial charge in [0.25, 0.3) is 5.91 Å². The Morgan fingerprint density at radius 2 is 1.87 bits per heavy atom. The van der Waals surface area contributed by atoms with Gasteiger partial charge in [0.1, 0.15) is 5.75 Å². The van der Waals surface area contributed by atoms with Crippen LogP contribution in [-0.2, 0) is 5.75 Å². The van der Waals surface area contributed by atoms with Crippen molar-refractivity contribution in [3.8, 4) is 17.0 Å². The standard InChI is InChI=1S/C23H20N4O2S/c1-29-19-8-4-17(5-9-19)22-21(14-25-27-22)23(28)26-18-6-10-20(11-7-18)30-15-16-3-2-12-24-13-16/h2-14H,15H2,1H3,(H,25,27)(H,26,28). The van der Waals surface area contributed by atoms with Crippen molar-refractivity contribution in [2.75, 3.05) is 12.4 Å². The third-order valence-electron chi connectivity index (χ3n) is 4.50. The third-order valence-corrected chi connectivity index (χ3v) is 5.59. The molecule has 0 radical (unpaired) electrons. The van der Waals surface area contributed by atoms with Gasteiger partial charge in [-0.15, -0.1) is 11.8 Å². The van der Waals surface area contributed by atoms with Gasteiger partial charge in [0.05, 0.1) is 24.6 Å². The zero-order valence-corrected chi connectivity index (χ0v) is 17.1. The molecule has 0 aliphatic rings. The van der Waals surface area contributed by atoms with E-state index in [1.165, 1.54) is 11.8 Å². The Balaban J connectivity index is 1.41. The van der Waals surface area contributed by atoms with E-state index in [1.54, 1.807) is 25.1 Å². The minimum atomic E-state index is -0.217. The molecule has 0 spiro atoms. The van der Waals surface area contributed by atoms with E-state index in [9.17, 15) is 4.79 Å². The number of amides is 1. The fourth-order valence-electron chi connectivity index (χ4n) is 2.92. The second kappa shape index (κ2) is 9.28. The average Bonchev–Trinajstić information content (AvgIpc) is 3.29. The van der Waals surface area contributed by atoms with Gasteiger partial charge in [0, 0.05) is 34.3 Å². The first kappa shape index (κ1) is 19.7. The first-order chi connectivity index (χ1) is 14.7. The number of rotatable bonds is 7. The zero-order chi connectivity index (χ0) is 20.8. The van der Waals surface area contributed by atoms with E-state index in [0.29, 0.717) is 11.3 Å². The predicted molar refractivity (Wildman–Crippen MR) is 119 cm³/mol. The summed E-state index contributed by atoms with van der Waals surface area (Å²) >= 11 is 1.72. The van der Waals surface area contributed by atoms with Crippen LogP contribution in [0.3, 0.4) is 0 Å². The minimum Gasteiger partial charge on any atom is -0.497 e. The SMILES string of the molecule is COc1ccc(-c2[nH]ncc2C(=O)Nc2ccc(SCc3cccnc3)cc2)cc1. The maximum Gasteiger partial charge on any atom is 0.259 e. The predicted octanol–water partition coefficient (Wildman–Crippen LogP) is 5.02. The van der Waals surface area contributed by atoms with Crippen molar-refractivity contribution in [2.24, 2.45) is 0 Å². The molecule has 2 aromatic carbocycles. The fraction of sp³-hybridized carbons (Fsp3) is 0.0870. The van der Waals surface area contributed by atoms with Crippen LogP contribution in [-0.4, -0.2) is 28.2 Å². The van der Waals surface area contributed by atoms with Crippen LogP contribution >= 0.6 is 11.8 Å². The number of nitrogens with zero attached hydrogens (tertiary/aromatic N) is 2. The molecule has 0 bridgehead atoms. The number of hydrogen-bond acceptors (Lipinski definition) is 5. The number of nitrogens with one attached hydrogen (secondary N) is 2. The van der Waals surface area contributed by atoms with Gasteiger partial charge in [0.15, 0.2) is 0 Å². The van der Waals surface area contributed by atoms with Crippen LogP contribution in [0.5, 0.6) is 5.75 Å². The molecule has 0 atom stereocenters. The van der Waals surface area contributed by atoms with Gasteiger partial charge < -0.3 is 10.1 Å². The lowest BCUT2D eigenvalue weighted by molar-refractivity contribution is 0.102. The van der Waals surface area contributed by atoms with Gasteiger partial charge in [-0.3, -0.25) is 14.9 Å².